The van der Waals surface area contributed by atoms with Crippen LogP contribution in [0.25, 0.3) is 11.2 Å². The molecule has 16 heavy (non-hydrogen) atoms. The Balaban J connectivity index is 2.25. The Morgan fingerprint density at radius 2 is 2.31 bits per heavy atom. The van der Waals surface area contributed by atoms with E-state index in [4.69, 9.17) is 0 Å². The van der Waals surface area contributed by atoms with Gasteiger partial charge in [0.15, 0.2) is 11.2 Å². The first kappa shape index (κ1) is 9.57. The summed E-state index contributed by atoms with van der Waals surface area (Å²) in [6, 6.07) is 0. The molecule has 0 amide bonds. The van der Waals surface area contributed by atoms with E-state index in [1.807, 2.05) is 0 Å². The molecule has 0 aromatic carbocycles. The molecule has 1 saturated carbocycles. The van der Waals surface area contributed by atoms with Gasteiger partial charge in [-0.25, -0.2) is 9.97 Å². The summed E-state index contributed by atoms with van der Waals surface area (Å²) in [5.41, 5.74) is 1.15. The predicted molar refractivity (Wildman–Crippen MR) is 60.3 cm³/mol. The van der Waals surface area contributed by atoms with Crippen LogP contribution in [-0.2, 0) is 5.54 Å². The van der Waals surface area contributed by atoms with Gasteiger partial charge in [-0.2, -0.15) is 0 Å². The molecule has 5 heteroatoms. The molecule has 1 aliphatic rings. The number of nitrogens with zero attached hydrogens (tertiary/aromatic N) is 3. The van der Waals surface area contributed by atoms with E-state index in [0.717, 1.165) is 19.3 Å². The van der Waals surface area contributed by atoms with Gasteiger partial charge < -0.3 is 9.55 Å². The van der Waals surface area contributed by atoms with Gasteiger partial charge in [-0.15, -0.1) is 0 Å². The van der Waals surface area contributed by atoms with Crippen molar-refractivity contribution < 1.29 is 0 Å². The summed E-state index contributed by atoms with van der Waals surface area (Å²) < 4.78 is 2.08. The molecule has 2 aromatic rings. The van der Waals surface area contributed by atoms with Crippen molar-refractivity contribution in [3.05, 3.63) is 23.0 Å². The van der Waals surface area contributed by atoms with Gasteiger partial charge in [-0.1, -0.05) is 6.92 Å². The minimum absolute atomic E-state index is 0.148. The molecular formula is C11H14N4O. The van der Waals surface area contributed by atoms with Crippen LogP contribution in [0.1, 0.15) is 32.6 Å². The van der Waals surface area contributed by atoms with Crippen LogP contribution in [0.15, 0.2) is 17.4 Å². The third-order valence-electron chi connectivity index (χ3n) is 3.79. The highest BCUT2D eigenvalue weighted by atomic mass is 16.1. The lowest BCUT2D eigenvalue weighted by atomic mass is 9.74. The molecule has 2 heterocycles. The summed E-state index contributed by atoms with van der Waals surface area (Å²) in [7, 11) is 0. The zero-order valence-electron chi connectivity index (χ0n) is 9.23. The number of rotatable bonds is 2. The van der Waals surface area contributed by atoms with E-state index in [-0.39, 0.29) is 11.1 Å². The lowest BCUT2D eigenvalue weighted by Gasteiger charge is -2.42. The number of fused-ring (bicyclic) bond motifs is 1. The van der Waals surface area contributed by atoms with Gasteiger partial charge in [0, 0.05) is 5.54 Å². The van der Waals surface area contributed by atoms with Crippen LogP contribution in [0, 0.1) is 0 Å². The van der Waals surface area contributed by atoms with Gasteiger partial charge in [-0.05, 0) is 25.7 Å². The maximum atomic E-state index is 11.5. The summed E-state index contributed by atoms with van der Waals surface area (Å²) in [5, 5.41) is 0. The molecule has 1 aliphatic carbocycles. The standard InChI is InChI=1S/C11H14N4O/c1-2-11(4-3-5-11)15-7-14-8-9(15)12-6-13-10(8)16/h6-7H,2-5H2,1H3,(H,12,13,16). The van der Waals surface area contributed by atoms with Crippen LogP contribution < -0.4 is 5.56 Å². The molecule has 1 fully saturated rings. The van der Waals surface area contributed by atoms with Crippen LogP contribution in [0.4, 0.5) is 0 Å². The third kappa shape index (κ3) is 1.08. The van der Waals surface area contributed by atoms with E-state index in [1.54, 1.807) is 6.33 Å². The number of aromatic amines is 1. The Hall–Kier alpha value is -1.65. The highest BCUT2D eigenvalue weighted by molar-refractivity contribution is 5.69. The van der Waals surface area contributed by atoms with Crippen molar-refractivity contribution in [1.29, 1.82) is 0 Å². The van der Waals surface area contributed by atoms with Crippen LogP contribution in [0.3, 0.4) is 0 Å². The fourth-order valence-corrected chi connectivity index (χ4v) is 2.54. The van der Waals surface area contributed by atoms with Crippen LogP contribution in [-0.4, -0.2) is 19.5 Å². The maximum Gasteiger partial charge on any atom is 0.278 e. The van der Waals surface area contributed by atoms with E-state index < -0.39 is 0 Å². The van der Waals surface area contributed by atoms with E-state index in [9.17, 15) is 4.79 Å². The average Bonchev–Trinajstić information content (AvgIpc) is 2.64. The molecule has 0 radical (unpaired) electrons. The molecule has 0 spiro atoms. The van der Waals surface area contributed by atoms with Crippen molar-refractivity contribution in [2.75, 3.05) is 0 Å². The van der Waals surface area contributed by atoms with E-state index in [1.165, 1.54) is 12.7 Å². The van der Waals surface area contributed by atoms with Crippen molar-refractivity contribution in [2.24, 2.45) is 0 Å². The lowest BCUT2D eigenvalue weighted by Crippen LogP contribution is -2.39. The van der Waals surface area contributed by atoms with Crippen molar-refractivity contribution in [3.63, 3.8) is 0 Å². The molecule has 0 saturated heterocycles. The molecule has 0 unspecified atom stereocenters. The summed E-state index contributed by atoms with van der Waals surface area (Å²) in [4.78, 5) is 22.5. The minimum atomic E-state index is -0.158. The first-order chi connectivity index (χ1) is 7.77. The number of nitrogens with one attached hydrogen (secondary N) is 1. The molecule has 1 N–H and O–H groups in total. The SMILES string of the molecule is CCC1(n2cnc3c(=O)[nH]cnc32)CCC1. The lowest BCUT2D eigenvalue weighted by molar-refractivity contribution is 0.141. The second kappa shape index (κ2) is 3.17. The predicted octanol–water partition coefficient (Wildman–Crippen LogP) is 1.41. The Morgan fingerprint density at radius 1 is 1.50 bits per heavy atom. The Bertz CT molecular complexity index is 573. The first-order valence-electron chi connectivity index (χ1n) is 5.68. The van der Waals surface area contributed by atoms with Crippen LogP contribution in [0.2, 0.25) is 0 Å². The van der Waals surface area contributed by atoms with E-state index >= 15 is 0 Å². The van der Waals surface area contributed by atoms with Crippen molar-refractivity contribution in [2.45, 2.75) is 38.1 Å². The quantitative estimate of drug-likeness (QED) is 0.828. The fourth-order valence-electron chi connectivity index (χ4n) is 2.54. The Morgan fingerprint density at radius 3 is 2.94 bits per heavy atom. The van der Waals surface area contributed by atoms with Gasteiger partial charge in [-0.3, -0.25) is 4.79 Å². The molecular weight excluding hydrogens is 204 g/mol. The minimum Gasteiger partial charge on any atom is -0.311 e. The van der Waals surface area contributed by atoms with Gasteiger partial charge in [0.25, 0.3) is 5.56 Å². The largest absolute Gasteiger partial charge is 0.311 e. The molecule has 3 rings (SSSR count). The summed E-state index contributed by atoms with van der Waals surface area (Å²) in [6.07, 6.45) is 7.83. The number of aromatic nitrogens is 4. The number of imidazole rings is 1. The monoisotopic (exact) mass is 218 g/mol. The molecule has 0 atom stereocenters. The zero-order valence-corrected chi connectivity index (χ0v) is 9.23. The van der Waals surface area contributed by atoms with Gasteiger partial charge >= 0.3 is 0 Å². The Kier molecular flexibility index (Phi) is 1.89. The number of hydrogen-bond acceptors (Lipinski definition) is 3. The normalized spacial score (nSPS) is 18.6. The highest BCUT2D eigenvalue weighted by Crippen LogP contribution is 2.42. The Labute approximate surface area is 92.5 Å². The number of H-pyrrole nitrogens is 1. The average molecular weight is 218 g/mol. The number of hydrogen-bond donors (Lipinski definition) is 1. The first-order valence-corrected chi connectivity index (χ1v) is 5.68. The van der Waals surface area contributed by atoms with Crippen LogP contribution >= 0.6 is 0 Å². The molecule has 5 nitrogen and oxygen atoms in total. The maximum absolute atomic E-state index is 11.5. The third-order valence-corrected chi connectivity index (χ3v) is 3.79. The molecule has 0 bridgehead atoms. The van der Waals surface area contributed by atoms with Crippen molar-refractivity contribution in [1.82, 2.24) is 19.5 Å². The summed E-state index contributed by atoms with van der Waals surface area (Å²) in [6.45, 7) is 2.18. The highest BCUT2D eigenvalue weighted by Gasteiger charge is 2.38. The second-order valence-corrected chi connectivity index (χ2v) is 4.45. The smallest absolute Gasteiger partial charge is 0.278 e. The van der Waals surface area contributed by atoms with Gasteiger partial charge in [0.1, 0.15) is 0 Å². The van der Waals surface area contributed by atoms with Crippen molar-refractivity contribution >= 4 is 11.2 Å². The topological polar surface area (TPSA) is 63.6 Å². The molecule has 0 aliphatic heterocycles. The van der Waals surface area contributed by atoms with Gasteiger partial charge in [0.05, 0.1) is 12.7 Å². The summed E-state index contributed by atoms with van der Waals surface area (Å²) >= 11 is 0. The van der Waals surface area contributed by atoms with E-state index in [2.05, 4.69) is 26.4 Å². The van der Waals surface area contributed by atoms with Crippen molar-refractivity contribution in [3.8, 4) is 0 Å². The molecule has 2 aromatic heterocycles. The fraction of sp³-hybridized carbons (Fsp3) is 0.545. The second-order valence-electron chi connectivity index (χ2n) is 4.45. The van der Waals surface area contributed by atoms with Gasteiger partial charge in [0.2, 0.25) is 0 Å². The molecule has 84 valence electrons. The van der Waals surface area contributed by atoms with E-state index in [0.29, 0.717) is 11.2 Å². The summed E-state index contributed by atoms with van der Waals surface area (Å²) in [5.74, 6) is 0. The van der Waals surface area contributed by atoms with Crippen LogP contribution in [0.5, 0.6) is 0 Å². The zero-order chi connectivity index (χ0) is 11.2.